The van der Waals surface area contributed by atoms with E-state index in [1.165, 1.54) is 16.7 Å². The largest absolute Gasteiger partial charge is 0.216 e. The summed E-state index contributed by atoms with van der Waals surface area (Å²) in [6.45, 7) is 6.26. The summed E-state index contributed by atoms with van der Waals surface area (Å²) < 4.78 is 3.56. The average molecular weight is 354 g/mol. The van der Waals surface area contributed by atoms with E-state index in [2.05, 4.69) is 66.3 Å². The molecule has 3 heterocycles. The predicted octanol–water partition coefficient (Wildman–Crippen LogP) is 4.06. The number of nitrogens with zero attached hydrogens (tertiary/aromatic N) is 6. The molecule has 0 amide bonds. The first kappa shape index (κ1) is 15.7. The summed E-state index contributed by atoms with van der Waals surface area (Å²) in [6.07, 6.45) is 3.50. The van der Waals surface area contributed by atoms with Crippen LogP contribution in [0.2, 0.25) is 0 Å². The van der Waals surface area contributed by atoms with Gasteiger partial charge in [0.25, 0.3) is 0 Å². The Kier molecular flexibility index (Phi) is 3.33. The Labute approximate surface area is 156 Å². The molecule has 0 N–H and O–H groups in total. The van der Waals surface area contributed by atoms with E-state index in [4.69, 9.17) is 4.98 Å². The fourth-order valence-corrected chi connectivity index (χ4v) is 3.27. The lowest BCUT2D eigenvalue weighted by molar-refractivity contribution is 0.881. The molecule has 0 aliphatic rings. The van der Waals surface area contributed by atoms with Gasteiger partial charge >= 0.3 is 0 Å². The van der Waals surface area contributed by atoms with E-state index in [9.17, 15) is 0 Å². The third-order valence-electron chi connectivity index (χ3n) is 4.92. The van der Waals surface area contributed by atoms with Crippen LogP contribution in [0.4, 0.5) is 0 Å². The van der Waals surface area contributed by atoms with E-state index in [1.807, 2.05) is 23.0 Å². The van der Waals surface area contributed by atoms with Gasteiger partial charge in [0.1, 0.15) is 6.33 Å². The van der Waals surface area contributed by atoms with Crippen LogP contribution in [0.15, 0.2) is 55.0 Å². The summed E-state index contributed by atoms with van der Waals surface area (Å²) in [4.78, 5) is 9.33. The van der Waals surface area contributed by atoms with Crippen molar-refractivity contribution in [3.63, 3.8) is 0 Å². The van der Waals surface area contributed by atoms with Gasteiger partial charge in [-0.15, -0.1) is 5.10 Å². The minimum absolute atomic E-state index is 0.687. The third kappa shape index (κ3) is 2.49. The van der Waals surface area contributed by atoms with Crippen LogP contribution in [0, 0.1) is 20.8 Å². The third-order valence-corrected chi connectivity index (χ3v) is 4.92. The number of hydrogen-bond acceptors (Lipinski definition) is 4. The number of hydrogen-bond donors (Lipinski definition) is 0. The summed E-state index contributed by atoms with van der Waals surface area (Å²) in [7, 11) is 0. The maximum atomic E-state index is 4.75. The predicted molar refractivity (Wildman–Crippen MR) is 105 cm³/mol. The molecule has 27 heavy (non-hydrogen) atoms. The molecular weight excluding hydrogens is 336 g/mol. The lowest BCUT2D eigenvalue weighted by Crippen LogP contribution is -1.99. The summed E-state index contributed by atoms with van der Waals surface area (Å²) in [5.74, 6) is 0.687. The molecule has 6 heteroatoms. The second-order valence-corrected chi connectivity index (χ2v) is 6.88. The highest BCUT2D eigenvalue weighted by molar-refractivity contribution is 5.90. The molecule has 3 aromatic heterocycles. The van der Waals surface area contributed by atoms with E-state index < -0.39 is 0 Å². The zero-order valence-electron chi connectivity index (χ0n) is 15.4. The first-order valence-electron chi connectivity index (χ1n) is 8.84. The molecule has 0 atom stereocenters. The van der Waals surface area contributed by atoms with Crippen LogP contribution in [0.5, 0.6) is 0 Å². The fourth-order valence-electron chi connectivity index (χ4n) is 3.27. The SMILES string of the molecule is Cc1cccc(-c2nc3c4cnn(-c5ccc(C)c(C)c5)c4ncn3n2)c1. The highest BCUT2D eigenvalue weighted by Crippen LogP contribution is 2.24. The van der Waals surface area contributed by atoms with Gasteiger partial charge in [0, 0.05) is 5.56 Å². The topological polar surface area (TPSA) is 60.9 Å². The first-order chi connectivity index (χ1) is 13.1. The Morgan fingerprint density at radius 3 is 2.59 bits per heavy atom. The molecular formula is C21H18N6. The van der Waals surface area contributed by atoms with Gasteiger partial charge in [-0.2, -0.15) is 5.10 Å². The zero-order chi connectivity index (χ0) is 18.5. The highest BCUT2D eigenvalue weighted by Gasteiger charge is 2.14. The molecule has 0 spiro atoms. The molecule has 5 rings (SSSR count). The van der Waals surface area contributed by atoms with Gasteiger partial charge in [0.05, 0.1) is 17.3 Å². The van der Waals surface area contributed by atoms with Crippen molar-refractivity contribution in [1.29, 1.82) is 0 Å². The van der Waals surface area contributed by atoms with Crippen molar-refractivity contribution in [1.82, 2.24) is 29.4 Å². The van der Waals surface area contributed by atoms with Gasteiger partial charge in [-0.3, -0.25) is 0 Å². The lowest BCUT2D eigenvalue weighted by Gasteiger charge is -2.06. The number of rotatable bonds is 2. The number of aryl methyl sites for hydroxylation is 3. The van der Waals surface area contributed by atoms with Crippen molar-refractivity contribution in [2.24, 2.45) is 0 Å². The van der Waals surface area contributed by atoms with Gasteiger partial charge < -0.3 is 0 Å². The molecule has 2 aromatic carbocycles. The smallest absolute Gasteiger partial charge is 0.182 e. The Morgan fingerprint density at radius 2 is 1.78 bits per heavy atom. The molecule has 0 unspecified atom stereocenters. The normalized spacial score (nSPS) is 11.5. The molecule has 0 fully saturated rings. The maximum absolute atomic E-state index is 4.75. The molecule has 0 bridgehead atoms. The summed E-state index contributed by atoms with van der Waals surface area (Å²) in [5, 5.41) is 10.0. The minimum atomic E-state index is 0.687. The second-order valence-electron chi connectivity index (χ2n) is 6.88. The van der Waals surface area contributed by atoms with Crippen LogP contribution in [0.3, 0.4) is 0 Å². The molecule has 0 saturated carbocycles. The van der Waals surface area contributed by atoms with Gasteiger partial charge in [-0.1, -0.05) is 29.8 Å². The maximum Gasteiger partial charge on any atom is 0.182 e. The van der Waals surface area contributed by atoms with E-state index in [-0.39, 0.29) is 0 Å². The van der Waals surface area contributed by atoms with E-state index in [0.717, 1.165) is 27.9 Å². The summed E-state index contributed by atoms with van der Waals surface area (Å²) in [6, 6.07) is 14.5. The first-order valence-corrected chi connectivity index (χ1v) is 8.84. The minimum Gasteiger partial charge on any atom is -0.216 e. The lowest BCUT2D eigenvalue weighted by atomic mass is 10.1. The number of benzene rings is 2. The molecule has 6 nitrogen and oxygen atoms in total. The monoisotopic (exact) mass is 354 g/mol. The van der Waals surface area contributed by atoms with Crippen LogP contribution >= 0.6 is 0 Å². The number of fused-ring (bicyclic) bond motifs is 3. The Balaban J connectivity index is 1.70. The second kappa shape index (κ2) is 5.74. The molecule has 0 radical (unpaired) electrons. The van der Waals surface area contributed by atoms with Crippen LogP contribution in [-0.4, -0.2) is 29.4 Å². The summed E-state index contributed by atoms with van der Waals surface area (Å²) in [5.41, 5.74) is 7.17. The van der Waals surface area contributed by atoms with Crippen molar-refractivity contribution >= 4 is 16.7 Å². The fraction of sp³-hybridized carbons (Fsp3) is 0.143. The highest BCUT2D eigenvalue weighted by atomic mass is 15.3. The van der Waals surface area contributed by atoms with Gasteiger partial charge in [-0.05, 0) is 50.1 Å². The van der Waals surface area contributed by atoms with Crippen molar-refractivity contribution in [3.8, 4) is 17.1 Å². The van der Waals surface area contributed by atoms with E-state index in [0.29, 0.717) is 5.82 Å². The zero-order valence-corrected chi connectivity index (χ0v) is 15.4. The van der Waals surface area contributed by atoms with Crippen LogP contribution < -0.4 is 0 Å². The van der Waals surface area contributed by atoms with Crippen LogP contribution in [0.1, 0.15) is 16.7 Å². The quantitative estimate of drug-likeness (QED) is 0.480. The molecule has 5 aromatic rings. The van der Waals surface area contributed by atoms with Crippen molar-refractivity contribution in [3.05, 3.63) is 71.7 Å². The molecule has 0 aliphatic carbocycles. The van der Waals surface area contributed by atoms with Crippen molar-refractivity contribution in [2.45, 2.75) is 20.8 Å². The van der Waals surface area contributed by atoms with Gasteiger partial charge in [-0.25, -0.2) is 19.2 Å². The Morgan fingerprint density at radius 1 is 0.889 bits per heavy atom. The van der Waals surface area contributed by atoms with Crippen LogP contribution in [0.25, 0.3) is 33.8 Å². The van der Waals surface area contributed by atoms with E-state index >= 15 is 0 Å². The van der Waals surface area contributed by atoms with Gasteiger partial charge in [0.15, 0.2) is 17.1 Å². The van der Waals surface area contributed by atoms with Gasteiger partial charge in [0.2, 0.25) is 0 Å². The van der Waals surface area contributed by atoms with Crippen LogP contribution in [-0.2, 0) is 0 Å². The number of aromatic nitrogens is 6. The summed E-state index contributed by atoms with van der Waals surface area (Å²) >= 11 is 0. The van der Waals surface area contributed by atoms with Crippen molar-refractivity contribution in [2.75, 3.05) is 0 Å². The van der Waals surface area contributed by atoms with E-state index in [1.54, 1.807) is 10.8 Å². The molecule has 0 saturated heterocycles. The average Bonchev–Trinajstić information content (AvgIpc) is 3.27. The standard InChI is InChI=1S/C21H18N6/c1-13-5-4-6-16(9-13)19-24-21-18-11-23-27(20(18)22-12-26(21)25-19)17-8-7-14(2)15(3)10-17/h4-12H,1-3H3. The van der Waals surface area contributed by atoms with Crippen molar-refractivity contribution < 1.29 is 0 Å². The molecule has 132 valence electrons. The Bertz CT molecular complexity index is 1310. The Hall–Kier alpha value is -3.54. The molecule has 0 aliphatic heterocycles.